The lowest BCUT2D eigenvalue weighted by Crippen LogP contribution is -2.49. The monoisotopic (exact) mass is 468 g/mol. The van der Waals surface area contributed by atoms with Crippen LogP contribution in [0.2, 0.25) is 0 Å². The normalized spacial score (nSPS) is 15.0. The SMILES string of the molecule is CCCCOc1ccc(N(C)C(=O)CC2(O)CCN(C(=O)Cc3ccc(OC)cc3)CC2)cc1. The molecular weight excluding hydrogens is 432 g/mol. The van der Waals surface area contributed by atoms with Gasteiger partial charge in [0.2, 0.25) is 11.8 Å². The maximum absolute atomic E-state index is 12.9. The number of likely N-dealkylation sites (tertiary alicyclic amines) is 1. The highest BCUT2D eigenvalue weighted by Crippen LogP contribution is 2.28. The Bertz CT molecular complexity index is 934. The van der Waals surface area contributed by atoms with Crippen LogP contribution in [0.5, 0.6) is 11.5 Å². The summed E-state index contributed by atoms with van der Waals surface area (Å²) in [6.07, 6.45) is 3.17. The van der Waals surface area contributed by atoms with Gasteiger partial charge in [-0.1, -0.05) is 25.5 Å². The Morgan fingerprint density at radius 1 is 1.03 bits per heavy atom. The third-order valence-corrected chi connectivity index (χ3v) is 6.41. The fourth-order valence-electron chi connectivity index (χ4n) is 4.02. The summed E-state index contributed by atoms with van der Waals surface area (Å²) in [5.74, 6) is 1.41. The molecule has 1 fully saturated rings. The first kappa shape index (κ1) is 25.6. The van der Waals surface area contributed by atoms with Gasteiger partial charge in [-0.3, -0.25) is 9.59 Å². The molecule has 1 saturated heterocycles. The summed E-state index contributed by atoms with van der Waals surface area (Å²) in [6, 6.07) is 14.9. The Kier molecular flexibility index (Phi) is 8.93. The van der Waals surface area contributed by atoms with Gasteiger partial charge in [-0.25, -0.2) is 0 Å². The molecule has 0 spiro atoms. The highest BCUT2D eigenvalue weighted by atomic mass is 16.5. The minimum absolute atomic E-state index is 0.0249. The molecular formula is C27H36N2O5. The predicted molar refractivity (Wildman–Crippen MR) is 132 cm³/mol. The van der Waals surface area contributed by atoms with Crippen LogP contribution in [0.3, 0.4) is 0 Å². The molecule has 34 heavy (non-hydrogen) atoms. The molecule has 0 aliphatic carbocycles. The zero-order chi connectivity index (χ0) is 24.6. The molecule has 1 aliphatic heterocycles. The lowest BCUT2D eigenvalue weighted by Gasteiger charge is -2.38. The summed E-state index contributed by atoms with van der Waals surface area (Å²) in [7, 11) is 3.32. The van der Waals surface area contributed by atoms with Crippen LogP contribution < -0.4 is 14.4 Å². The van der Waals surface area contributed by atoms with E-state index in [0.29, 0.717) is 39.0 Å². The van der Waals surface area contributed by atoms with Crippen LogP contribution in [-0.2, 0) is 16.0 Å². The first-order valence-electron chi connectivity index (χ1n) is 12.0. The van der Waals surface area contributed by atoms with E-state index in [1.165, 1.54) is 0 Å². The Hall–Kier alpha value is -3.06. The summed E-state index contributed by atoms with van der Waals surface area (Å²) in [4.78, 5) is 28.9. The summed E-state index contributed by atoms with van der Waals surface area (Å²) in [6.45, 7) is 3.67. The summed E-state index contributed by atoms with van der Waals surface area (Å²) >= 11 is 0. The predicted octanol–water partition coefficient (Wildman–Crippen LogP) is 3.82. The van der Waals surface area contributed by atoms with Crippen molar-refractivity contribution in [1.29, 1.82) is 0 Å². The van der Waals surface area contributed by atoms with Crippen molar-refractivity contribution in [3.8, 4) is 11.5 Å². The van der Waals surface area contributed by atoms with Crippen molar-refractivity contribution in [1.82, 2.24) is 4.90 Å². The molecule has 1 aliphatic rings. The highest BCUT2D eigenvalue weighted by molar-refractivity contribution is 5.93. The first-order chi connectivity index (χ1) is 16.3. The molecule has 0 atom stereocenters. The van der Waals surface area contributed by atoms with E-state index in [-0.39, 0.29) is 18.2 Å². The summed E-state index contributed by atoms with van der Waals surface area (Å²) in [5.41, 5.74) is 0.569. The fraction of sp³-hybridized carbons (Fsp3) is 0.481. The fourth-order valence-corrected chi connectivity index (χ4v) is 4.02. The number of carbonyl (C=O) groups is 2. The van der Waals surface area contributed by atoms with Crippen LogP contribution in [0, 0.1) is 0 Å². The molecule has 2 aromatic carbocycles. The van der Waals surface area contributed by atoms with E-state index in [0.717, 1.165) is 35.6 Å². The number of nitrogens with zero attached hydrogens (tertiary/aromatic N) is 2. The number of benzene rings is 2. The minimum atomic E-state index is -1.11. The van der Waals surface area contributed by atoms with Gasteiger partial charge in [-0.05, 0) is 61.2 Å². The molecule has 0 aromatic heterocycles. The molecule has 0 saturated carbocycles. The quantitative estimate of drug-likeness (QED) is 0.536. The Balaban J connectivity index is 1.48. The summed E-state index contributed by atoms with van der Waals surface area (Å²) in [5, 5.41) is 11.0. The van der Waals surface area contributed by atoms with Gasteiger partial charge >= 0.3 is 0 Å². The second-order valence-electron chi connectivity index (χ2n) is 8.96. The Morgan fingerprint density at radius 3 is 2.24 bits per heavy atom. The number of piperidine rings is 1. The molecule has 7 nitrogen and oxygen atoms in total. The largest absolute Gasteiger partial charge is 0.497 e. The van der Waals surface area contributed by atoms with Gasteiger partial charge in [-0.15, -0.1) is 0 Å². The number of unbranched alkanes of at least 4 members (excludes halogenated alkanes) is 1. The topological polar surface area (TPSA) is 79.3 Å². The average Bonchev–Trinajstić information content (AvgIpc) is 2.85. The molecule has 1 N–H and O–H groups in total. The molecule has 1 heterocycles. The van der Waals surface area contributed by atoms with Crippen LogP contribution >= 0.6 is 0 Å². The third-order valence-electron chi connectivity index (χ3n) is 6.41. The molecule has 0 unspecified atom stereocenters. The van der Waals surface area contributed by atoms with Gasteiger partial charge in [0.15, 0.2) is 0 Å². The zero-order valence-corrected chi connectivity index (χ0v) is 20.5. The van der Waals surface area contributed by atoms with Crippen LogP contribution in [0.1, 0.15) is 44.6 Å². The molecule has 2 aromatic rings. The van der Waals surface area contributed by atoms with Gasteiger partial charge in [0.05, 0.1) is 32.2 Å². The number of ether oxygens (including phenoxy) is 2. The van der Waals surface area contributed by atoms with Gasteiger partial charge in [0.25, 0.3) is 0 Å². The van der Waals surface area contributed by atoms with E-state index in [1.807, 2.05) is 48.5 Å². The highest BCUT2D eigenvalue weighted by Gasteiger charge is 2.36. The molecule has 7 heteroatoms. The lowest BCUT2D eigenvalue weighted by atomic mass is 9.87. The molecule has 0 radical (unpaired) electrons. The Morgan fingerprint density at radius 2 is 1.65 bits per heavy atom. The van der Waals surface area contributed by atoms with Gasteiger partial charge in [-0.2, -0.15) is 0 Å². The Labute approximate surface area is 202 Å². The van der Waals surface area contributed by atoms with Crippen molar-refractivity contribution in [3.63, 3.8) is 0 Å². The van der Waals surface area contributed by atoms with Crippen LogP contribution in [0.4, 0.5) is 5.69 Å². The van der Waals surface area contributed by atoms with E-state index < -0.39 is 5.60 Å². The standard InChI is InChI=1S/C27H36N2O5/c1-4-5-18-34-24-12-8-22(9-13-24)28(2)26(31)20-27(32)14-16-29(17-15-27)25(30)19-21-6-10-23(33-3)11-7-21/h6-13,32H,4-5,14-20H2,1-3H3. The number of anilines is 1. The molecule has 3 rings (SSSR count). The van der Waals surface area contributed by atoms with Crippen molar-refractivity contribution in [3.05, 3.63) is 54.1 Å². The van der Waals surface area contributed by atoms with Crippen molar-refractivity contribution in [2.75, 3.05) is 38.8 Å². The van der Waals surface area contributed by atoms with E-state index in [9.17, 15) is 14.7 Å². The summed E-state index contributed by atoms with van der Waals surface area (Å²) < 4.78 is 10.8. The molecule has 0 bridgehead atoms. The minimum Gasteiger partial charge on any atom is -0.497 e. The number of amides is 2. The maximum atomic E-state index is 12.9. The number of hydrogen-bond donors (Lipinski definition) is 1. The maximum Gasteiger partial charge on any atom is 0.229 e. The van der Waals surface area contributed by atoms with E-state index in [4.69, 9.17) is 9.47 Å². The van der Waals surface area contributed by atoms with Crippen molar-refractivity contribution in [2.45, 2.75) is 51.0 Å². The van der Waals surface area contributed by atoms with E-state index in [2.05, 4.69) is 6.92 Å². The number of methoxy groups -OCH3 is 1. The van der Waals surface area contributed by atoms with Crippen LogP contribution in [-0.4, -0.2) is 61.3 Å². The van der Waals surface area contributed by atoms with Crippen molar-refractivity contribution >= 4 is 17.5 Å². The van der Waals surface area contributed by atoms with Gasteiger partial charge < -0.3 is 24.4 Å². The van der Waals surface area contributed by atoms with Crippen molar-refractivity contribution < 1.29 is 24.2 Å². The van der Waals surface area contributed by atoms with Gasteiger partial charge in [0.1, 0.15) is 11.5 Å². The third kappa shape index (κ3) is 6.97. The van der Waals surface area contributed by atoms with Crippen LogP contribution in [0.15, 0.2) is 48.5 Å². The lowest BCUT2D eigenvalue weighted by molar-refractivity contribution is -0.136. The van der Waals surface area contributed by atoms with Crippen LogP contribution in [0.25, 0.3) is 0 Å². The van der Waals surface area contributed by atoms with E-state index in [1.54, 1.807) is 24.0 Å². The zero-order valence-electron chi connectivity index (χ0n) is 20.5. The van der Waals surface area contributed by atoms with Gasteiger partial charge in [0, 0.05) is 25.8 Å². The van der Waals surface area contributed by atoms with Crippen molar-refractivity contribution in [2.24, 2.45) is 0 Å². The number of hydrogen-bond acceptors (Lipinski definition) is 5. The average molecular weight is 469 g/mol. The number of carbonyl (C=O) groups excluding carboxylic acids is 2. The second-order valence-corrected chi connectivity index (χ2v) is 8.96. The second kappa shape index (κ2) is 11.9. The molecule has 184 valence electrons. The number of rotatable bonds is 10. The van der Waals surface area contributed by atoms with E-state index >= 15 is 0 Å². The number of aliphatic hydroxyl groups is 1. The first-order valence-corrected chi connectivity index (χ1v) is 12.0. The molecule has 2 amide bonds. The smallest absolute Gasteiger partial charge is 0.229 e.